The Hall–Kier alpha value is -2.55. The van der Waals surface area contributed by atoms with Crippen molar-refractivity contribution in [3.63, 3.8) is 0 Å². The number of rotatable bonds is 2. The van der Waals surface area contributed by atoms with Gasteiger partial charge in [0.1, 0.15) is 11.6 Å². The van der Waals surface area contributed by atoms with Gasteiger partial charge in [-0.05, 0) is 31.9 Å². The Kier molecular flexibility index (Phi) is 4.55. The van der Waals surface area contributed by atoms with Gasteiger partial charge in [0.2, 0.25) is 5.89 Å². The summed E-state index contributed by atoms with van der Waals surface area (Å²) >= 11 is 0. The molecule has 1 spiro atoms. The first-order valence-electron chi connectivity index (χ1n) is 8.86. The molecule has 9 heteroatoms. The number of halogens is 2. The van der Waals surface area contributed by atoms with Gasteiger partial charge in [-0.2, -0.15) is 4.98 Å². The van der Waals surface area contributed by atoms with E-state index in [2.05, 4.69) is 15.5 Å². The number of carbonyl (C=O) groups is 1. The van der Waals surface area contributed by atoms with Crippen LogP contribution in [0.5, 0.6) is 0 Å². The van der Waals surface area contributed by atoms with Gasteiger partial charge in [0.25, 0.3) is 0 Å². The van der Waals surface area contributed by atoms with Crippen molar-refractivity contribution in [1.29, 1.82) is 0 Å². The molecule has 0 aliphatic carbocycles. The number of hydrogen-bond donors (Lipinski definition) is 1. The van der Waals surface area contributed by atoms with Gasteiger partial charge in [0.15, 0.2) is 5.82 Å². The van der Waals surface area contributed by atoms with E-state index in [1.54, 1.807) is 11.8 Å². The summed E-state index contributed by atoms with van der Waals surface area (Å²) < 4.78 is 38.1. The van der Waals surface area contributed by atoms with E-state index >= 15 is 0 Å². The Morgan fingerprint density at radius 1 is 1.33 bits per heavy atom. The molecule has 4 rings (SSSR count). The highest BCUT2D eigenvalue weighted by Crippen LogP contribution is 2.49. The lowest BCUT2D eigenvalue weighted by Crippen LogP contribution is -2.38. The van der Waals surface area contributed by atoms with Crippen LogP contribution in [0.25, 0.3) is 0 Å². The third kappa shape index (κ3) is 3.39. The summed E-state index contributed by atoms with van der Waals surface area (Å²) in [6.07, 6.45) is 1.52. The molecule has 1 aromatic carbocycles. The SMILES string of the molecule is Cc1noc(C2CN(C(=O)Nc3cc(F)ccc3F)CC23CCOCC3)n1. The molecule has 1 aromatic heterocycles. The van der Waals surface area contributed by atoms with E-state index in [0.29, 0.717) is 38.0 Å². The summed E-state index contributed by atoms with van der Waals surface area (Å²) in [6.45, 7) is 3.76. The summed E-state index contributed by atoms with van der Waals surface area (Å²) in [7, 11) is 0. The Balaban J connectivity index is 1.57. The second-order valence-electron chi connectivity index (χ2n) is 7.14. The van der Waals surface area contributed by atoms with Crippen LogP contribution in [-0.4, -0.2) is 47.4 Å². The largest absolute Gasteiger partial charge is 0.381 e. The predicted molar refractivity (Wildman–Crippen MR) is 91.2 cm³/mol. The molecule has 2 aliphatic rings. The number of anilines is 1. The van der Waals surface area contributed by atoms with Crippen molar-refractivity contribution in [2.45, 2.75) is 25.7 Å². The molecule has 1 N–H and O–H groups in total. The smallest absolute Gasteiger partial charge is 0.321 e. The molecule has 0 bridgehead atoms. The zero-order valence-electron chi connectivity index (χ0n) is 14.9. The van der Waals surface area contributed by atoms with E-state index in [-0.39, 0.29) is 17.0 Å². The predicted octanol–water partition coefficient (Wildman–Crippen LogP) is 3.08. The van der Waals surface area contributed by atoms with Crippen LogP contribution in [0.1, 0.15) is 30.5 Å². The quantitative estimate of drug-likeness (QED) is 0.869. The molecule has 1 atom stereocenters. The highest BCUT2D eigenvalue weighted by atomic mass is 19.1. The first kappa shape index (κ1) is 17.8. The standard InChI is InChI=1S/C18H20F2N4O3/c1-11-21-16(27-23-11)13-9-24(10-18(13)4-6-26-7-5-18)17(25)22-15-8-12(19)2-3-14(15)20/h2-3,8,13H,4-7,9-10H2,1H3,(H,22,25). The summed E-state index contributed by atoms with van der Waals surface area (Å²) in [5.74, 6) is -0.383. The number of ether oxygens (including phenoxy) is 1. The number of nitrogens with zero attached hydrogens (tertiary/aromatic N) is 3. The van der Waals surface area contributed by atoms with Crippen molar-refractivity contribution in [2.75, 3.05) is 31.6 Å². The van der Waals surface area contributed by atoms with Crippen LogP contribution in [0.15, 0.2) is 22.7 Å². The minimum Gasteiger partial charge on any atom is -0.381 e. The van der Waals surface area contributed by atoms with Crippen LogP contribution in [0.3, 0.4) is 0 Å². The maximum absolute atomic E-state index is 13.9. The number of nitrogens with one attached hydrogen (secondary N) is 1. The number of urea groups is 1. The van der Waals surface area contributed by atoms with Crippen molar-refractivity contribution in [3.8, 4) is 0 Å². The third-order valence-electron chi connectivity index (χ3n) is 5.44. The molecule has 2 fully saturated rings. The average Bonchev–Trinajstić information content (AvgIpc) is 3.23. The maximum Gasteiger partial charge on any atom is 0.321 e. The summed E-state index contributed by atoms with van der Waals surface area (Å²) in [5.41, 5.74) is -0.409. The molecule has 2 amide bonds. The zero-order valence-corrected chi connectivity index (χ0v) is 14.9. The van der Waals surface area contributed by atoms with E-state index in [1.807, 2.05) is 0 Å². The summed E-state index contributed by atoms with van der Waals surface area (Å²) in [5, 5.41) is 6.34. The number of amides is 2. The molecule has 3 heterocycles. The van der Waals surface area contributed by atoms with Gasteiger partial charge >= 0.3 is 6.03 Å². The third-order valence-corrected chi connectivity index (χ3v) is 5.44. The number of likely N-dealkylation sites (tertiary alicyclic amines) is 1. The van der Waals surface area contributed by atoms with Gasteiger partial charge in [-0.15, -0.1) is 0 Å². The number of aryl methyl sites for hydroxylation is 1. The molecular formula is C18H20F2N4O3. The van der Waals surface area contributed by atoms with Crippen LogP contribution in [0.4, 0.5) is 19.3 Å². The summed E-state index contributed by atoms with van der Waals surface area (Å²) in [6, 6.07) is 2.47. The van der Waals surface area contributed by atoms with Gasteiger partial charge < -0.3 is 19.5 Å². The Bertz CT molecular complexity index is 851. The number of aromatic nitrogens is 2. The van der Waals surface area contributed by atoms with Crippen molar-refractivity contribution in [2.24, 2.45) is 5.41 Å². The molecule has 0 saturated carbocycles. The molecule has 27 heavy (non-hydrogen) atoms. The lowest BCUT2D eigenvalue weighted by molar-refractivity contribution is 0.00959. The van der Waals surface area contributed by atoms with E-state index in [0.717, 1.165) is 31.0 Å². The molecule has 0 radical (unpaired) electrons. The van der Waals surface area contributed by atoms with Crippen LogP contribution in [-0.2, 0) is 4.74 Å². The van der Waals surface area contributed by atoms with Crippen molar-refractivity contribution >= 4 is 11.7 Å². The van der Waals surface area contributed by atoms with Crippen LogP contribution in [0.2, 0.25) is 0 Å². The summed E-state index contributed by atoms with van der Waals surface area (Å²) in [4.78, 5) is 18.7. The molecular weight excluding hydrogens is 358 g/mol. The van der Waals surface area contributed by atoms with E-state index in [1.165, 1.54) is 0 Å². The molecule has 7 nitrogen and oxygen atoms in total. The van der Waals surface area contributed by atoms with E-state index in [9.17, 15) is 13.6 Å². The fourth-order valence-electron chi connectivity index (χ4n) is 3.99. The van der Waals surface area contributed by atoms with Gasteiger partial charge in [-0.3, -0.25) is 0 Å². The topological polar surface area (TPSA) is 80.5 Å². The van der Waals surface area contributed by atoms with E-state index in [4.69, 9.17) is 9.26 Å². The second-order valence-corrected chi connectivity index (χ2v) is 7.14. The fraction of sp³-hybridized carbons (Fsp3) is 0.500. The van der Waals surface area contributed by atoms with Crippen molar-refractivity contribution in [1.82, 2.24) is 15.0 Å². The van der Waals surface area contributed by atoms with Gasteiger partial charge in [0.05, 0.1) is 11.6 Å². The Labute approximate surface area is 154 Å². The van der Waals surface area contributed by atoms with E-state index < -0.39 is 17.7 Å². The van der Waals surface area contributed by atoms with Gasteiger partial charge in [-0.1, -0.05) is 5.16 Å². The normalized spacial score (nSPS) is 21.6. The zero-order chi connectivity index (χ0) is 19.0. The lowest BCUT2D eigenvalue weighted by Gasteiger charge is -2.36. The number of benzene rings is 1. The molecule has 2 saturated heterocycles. The van der Waals surface area contributed by atoms with Crippen LogP contribution < -0.4 is 5.32 Å². The number of hydrogen-bond acceptors (Lipinski definition) is 5. The van der Waals surface area contributed by atoms with Gasteiger partial charge in [0, 0.05) is 37.8 Å². The van der Waals surface area contributed by atoms with Crippen LogP contribution in [0, 0.1) is 24.0 Å². The molecule has 1 unspecified atom stereocenters. The van der Waals surface area contributed by atoms with Crippen molar-refractivity contribution in [3.05, 3.63) is 41.5 Å². The second kappa shape index (κ2) is 6.88. The van der Waals surface area contributed by atoms with Gasteiger partial charge in [-0.25, -0.2) is 13.6 Å². The first-order chi connectivity index (χ1) is 13.0. The minimum absolute atomic E-state index is 0.120. The highest BCUT2D eigenvalue weighted by Gasteiger charge is 2.51. The Morgan fingerprint density at radius 3 is 2.81 bits per heavy atom. The molecule has 144 valence electrons. The van der Waals surface area contributed by atoms with Crippen molar-refractivity contribution < 1.29 is 22.8 Å². The minimum atomic E-state index is -0.686. The lowest BCUT2D eigenvalue weighted by atomic mass is 9.72. The number of carbonyl (C=O) groups excluding carboxylic acids is 1. The molecule has 2 aliphatic heterocycles. The fourth-order valence-corrected chi connectivity index (χ4v) is 3.99. The highest BCUT2D eigenvalue weighted by molar-refractivity contribution is 5.89. The molecule has 2 aromatic rings. The van der Waals surface area contributed by atoms with Crippen LogP contribution >= 0.6 is 0 Å². The maximum atomic E-state index is 13.9. The first-order valence-corrected chi connectivity index (χ1v) is 8.86. The Morgan fingerprint density at radius 2 is 2.11 bits per heavy atom. The monoisotopic (exact) mass is 378 g/mol. The average molecular weight is 378 g/mol.